The van der Waals surface area contributed by atoms with Crippen molar-refractivity contribution in [3.63, 3.8) is 0 Å². The van der Waals surface area contributed by atoms with Gasteiger partial charge in [-0.25, -0.2) is 9.97 Å². The highest BCUT2D eigenvalue weighted by Crippen LogP contribution is 2.20. The summed E-state index contributed by atoms with van der Waals surface area (Å²) in [5, 5.41) is 3.10. The Labute approximate surface area is 160 Å². The summed E-state index contributed by atoms with van der Waals surface area (Å²) < 4.78 is 0.710. The molecule has 0 spiro atoms. The van der Waals surface area contributed by atoms with Crippen molar-refractivity contribution in [1.82, 2.24) is 20.2 Å². The highest BCUT2D eigenvalue weighted by molar-refractivity contribution is 9.10. The fourth-order valence-corrected chi connectivity index (χ4v) is 3.24. The second-order valence-corrected chi connectivity index (χ2v) is 7.22. The molecule has 0 aliphatic carbocycles. The molecular weight excluding hydrogens is 406 g/mol. The van der Waals surface area contributed by atoms with Crippen molar-refractivity contribution in [2.45, 2.75) is 6.54 Å². The standard InChI is InChI=1S/C17H19BrClN5O/c1-23-5-7-24(8-6-23)16-12(3-2-4-20-16)10-22-17(25)14-9-13(18)11-21-15(14)19/h2-4,9,11H,5-8,10H2,1H3,(H,22,25). The molecule has 0 bridgehead atoms. The van der Waals surface area contributed by atoms with Crippen LogP contribution in [0.15, 0.2) is 35.1 Å². The number of pyridine rings is 2. The number of likely N-dealkylation sites (N-methyl/N-ethyl adjacent to an activating group) is 1. The number of anilines is 1. The van der Waals surface area contributed by atoms with Gasteiger partial charge in [-0.3, -0.25) is 4.79 Å². The lowest BCUT2D eigenvalue weighted by Gasteiger charge is -2.34. The van der Waals surface area contributed by atoms with Gasteiger partial charge in [0.15, 0.2) is 0 Å². The maximum atomic E-state index is 12.4. The molecule has 1 amide bonds. The first kappa shape index (κ1) is 18.1. The molecule has 2 aromatic rings. The molecule has 132 valence electrons. The van der Waals surface area contributed by atoms with E-state index in [0.717, 1.165) is 37.6 Å². The molecule has 0 atom stereocenters. The van der Waals surface area contributed by atoms with Gasteiger partial charge in [0.25, 0.3) is 5.91 Å². The Balaban J connectivity index is 1.71. The van der Waals surface area contributed by atoms with Crippen molar-refractivity contribution in [2.75, 3.05) is 38.1 Å². The molecule has 0 saturated carbocycles. The van der Waals surface area contributed by atoms with Gasteiger partial charge in [0.05, 0.1) is 5.56 Å². The van der Waals surface area contributed by atoms with Crippen LogP contribution in [0, 0.1) is 0 Å². The van der Waals surface area contributed by atoms with Gasteiger partial charge < -0.3 is 15.1 Å². The van der Waals surface area contributed by atoms with E-state index in [0.29, 0.717) is 16.6 Å². The first-order valence-corrected chi connectivity index (χ1v) is 9.18. The smallest absolute Gasteiger partial charge is 0.254 e. The zero-order valence-electron chi connectivity index (χ0n) is 13.9. The predicted octanol–water partition coefficient (Wildman–Crippen LogP) is 2.57. The molecule has 1 aliphatic heterocycles. The van der Waals surface area contributed by atoms with Crippen molar-refractivity contribution in [1.29, 1.82) is 0 Å². The van der Waals surface area contributed by atoms with E-state index in [4.69, 9.17) is 11.6 Å². The number of aromatic nitrogens is 2. The predicted molar refractivity (Wildman–Crippen MR) is 102 cm³/mol. The van der Waals surface area contributed by atoms with Crippen LogP contribution < -0.4 is 10.2 Å². The minimum Gasteiger partial charge on any atom is -0.354 e. The largest absolute Gasteiger partial charge is 0.354 e. The van der Waals surface area contributed by atoms with Gasteiger partial charge in [-0.15, -0.1) is 0 Å². The third-order valence-electron chi connectivity index (χ3n) is 4.16. The number of nitrogens with one attached hydrogen (secondary N) is 1. The average molecular weight is 425 g/mol. The van der Waals surface area contributed by atoms with Crippen LogP contribution in [0.4, 0.5) is 5.82 Å². The Bertz CT molecular complexity index is 764. The van der Waals surface area contributed by atoms with Gasteiger partial charge in [0.1, 0.15) is 11.0 Å². The number of halogens is 2. The second-order valence-electron chi connectivity index (χ2n) is 5.95. The number of amides is 1. The fraction of sp³-hybridized carbons (Fsp3) is 0.353. The maximum Gasteiger partial charge on any atom is 0.254 e. The number of piperazine rings is 1. The average Bonchev–Trinajstić information content (AvgIpc) is 2.63. The van der Waals surface area contributed by atoms with Gasteiger partial charge in [-0.05, 0) is 35.1 Å². The summed E-state index contributed by atoms with van der Waals surface area (Å²) in [6, 6.07) is 5.53. The highest BCUT2D eigenvalue weighted by atomic mass is 79.9. The van der Waals surface area contributed by atoms with Crippen LogP contribution in [0.2, 0.25) is 5.15 Å². The van der Waals surface area contributed by atoms with E-state index in [2.05, 4.69) is 48.1 Å². The molecule has 0 unspecified atom stereocenters. The number of hydrogen-bond acceptors (Lipinski definition) is 5. The van der Waals surface area contributed by atoms with Gasteiger partial charge in [0.2, 0.25) is 0 Å². The second kappa shape index (κ2) is 8.12. The van der Waals surface area contributed by atoms with Gasteiger partial charge in [0, 0.05) is 55.2 Å². The molecule has 0 radical (unpaired) electrons. The summed E-state index contributed by atoms with van der Waals surface area (Å²) in [6.07, 6.45) is 3.35. The van der Waals surface area contributed by atoms with Crippen LogP contribution in [0.3, 0.4) is 0 Å². The number of rotatable bonds is 4. The zero-order valence-corrected chi connectivity index (χ0v) is 16.2. The Morgan fingerprint density at radius 3 is 2.84 bits per heavy atom. The molecule has 1 fully saturated rings. The summed E-state index contributed by atoms with van der Waals surface area (Å²) in [5.41, 5.74) is 1.33. The lowest BCUT2D eigenvalue weighted by atomic mass is 10.2. The van der Waals surface area contributed by atoms with Crippen molar-refractivity contribution >= 4 is 39.3 Å². The van der Waals surface area contributed by atoms with Crippen LogP contribution in [0.1, 0.15) is 15.9 Å². The van der Waals surface area contributed by atoms with E-state index >= 15 is 0 Å². The van der Waals surface area contributed by atoms with Gasteiger partial charge in [-0.2, -0.15) is 0 Å². The number of nitrogens with zero attached hydrogens (tertiary/aromatic N) is 4. The lowest BCUT2D eigenvalue weighted by molar-refractivity contribution is 0.0950. The summed E-state index contributed by atoms with van der Waals surface area (Å²) in [5.74, 6) is 0.668. The Morgan fingerprint density at radius 1 is 1.32 bits per heavy atom. The highest BCUT2D eigenvalue weighted by Gasteiger charge is 2.19. The zero-order chi connectivity index (χ0) is 17.8. The van der Waals surface area contributed by atoms with Gasteiger partial charge in [-0.1, -0.05) is 17.7 Å². The number of hydrogen-bond donors (Lipinski definition) is 1. The third kappa shape index (κ3) is 4.48. The Morgan fingerprint density at radius 2 is 2.08 bits per heavy atom. The van der Waals surface area contributed by atoms with E-state index in [1.807, 2.05) is 12.1 Å². The van der Waals surface area contributed by atoms with Gasteiger partial charge >= 0.3 is 0 Å². The van der Waals surface area contributed by atoms with E-state index < -0.39 is 0 Å². The van der Waals surface area contributed by atoms with Crippen molar-refractivity contribution < 1.29 is 4.79 Å². The van der Waals surface area contributed by atoms with Crippen LogP contribution in [0.5, 0.6) is 0 Å². The minimum absolute atomic E-state index is 0.186. The first-order chi connectivity index (χ1) is 12.0. The summed E-state index contributed by atoms with van der Waals surface area (Å²) >= 11 is 9.33. The van der Waals surface area contributed by atoms with Crippen LogP contribution >= 0.6 is 27.5 Å². The molecule has 1 aliphatic rings. The molecular formula is C17H19BrClN5O. The molecule has 0 aromatic carbocycles. The van der Waals surface area contributed by atoms with Crippen LogP contribution in [-0.4, -0.2) is 54.0 Å². The summed E-state index contributed by atoms with van der Waals surface area (Å²) in [4.78, 5) is 25.5. The Hall–Kier alpha value is -1.70. The summed E-state index contributed by atoms with van der Waals surface area (Å²) in [7, 11) is 2.12. The Kier molecular flexibility index (Phi) is 5.88. The lowest BCUT2D eigenvalue weighted by Crippen LogP contribution is -2.45. The van der Waals surface area contributed by atoms with Crippen LogP contribution in [0.25, 0.3) is 0 Å². The SMILES string of the molecule is CN1CCN(c2ncccc2CNC(=O)c2cc(Br)cnc2Cl)CC1. The van der Waals surface area contributed by atoms with Crippen molar-refractivity contribution in [3.8, 4) is 0 Å². The van der Waals surface area contributed by atoms with Crippen molar-refractivity contribution in [3.05, 3.63) is 51.3 Å². The number of carbonyl (C=O) groups excluding carboxylic acids is 1. The van der Waals surface area contributed by atoms with Crippen molar-refractivity contribution in [2.24, 2.45) is 0 Å². The first-order valence-electron chi connectivity index (χ1n) is 8.01. The van der Waals surface area contributed by atoms with E-state index in [9.17, 15) is 4.79 Å². The minimum atomic E-state index is -0.257. The molecule has 1 N–H and O–H groups in total. The fourth-order valence-electron chi connectivity index (χ4n) is 2.72. The quantitative estimate of drug-likeness (QED) is 0.765. The normalized spacial score (nSPS) is 15.2. The van der Waals surface area contributed by atoms with E-state index in [1.54, 1.807) is 18.5 Å². The monoisotopic (exact) mass is 423 g/mol. The molecule has 3 heterocycles. The maximum absolute atomic E-state index is 12.4. The van der Waals surface area contributed by atoms with Crippen LogP contribution in [-0.2, 0) is 6.54 Å². The topological polar surface area (TPSA) is 61.4 Å². The molecule has 2 aromatic heterocycles. The van der Waals surface area contributed by atoms with E-state index in [-0.39, 0.29) is 11.1 Å². The number of carbonyl (C=O) groups is 1. The molecule has 8 heteroatoms. The molecule has 3 rings (SSSR count). The molecule has 1 saturated heterocycles. The third-order valence-corrected chi connectivity index (χ3v) is 4.89. The molecule has 6 nitrogen and oxygen atoms in total. The molecule has 25 heavy (non-hydrogen) atoms. The summed E-state index contributed by atoms with van der Waals surface area (Å²) in [6.45, 7) is 4.24. The van der Waals surface area contributed by atoms with E-state index in [1.165, 1.54) is 0 Å².